The molecule has 5 nitrogen and oxygen atoms in total. The zero-order chi connectivity index (χ0) is 16.7. The zero-order valence-corrected chi connectivity index (χ0v) is 12.8. The summed E-state index contributed by atoms with van der Waals surface area (Å²) in [5, 5.41) is 4.79. The normalized spacial score (nSPS) is 10.4. The van der Waals surface area contributed by atoms with Gasteiger partial charge in [0.2, 0.25) is 5.91 Å². The number of nitrogens with zero attached hydrogens (tertiary/aromatic N) is 1. The van der Waals surface area contributed by atoms with E-state index in [0.29, 0.717) is 11.3 Å². The number of carbonyl (C=O) groups excluding carboxylic acids is 2. The molecule has 0 spiro atoms. The summed E-state index contributed by atoms with van der Waals surface area (Å²) in [5.41, 5.74) is 1.09. The van der Waals surface area contributed by atoms with Crippen molar-refractivity contribution in [2.24, 2.45) is 0 Å². The molecule has 0 fully saturated rings. The van der Waals surface area contributed by atoms with E-state index in [1.165, 1.54) is 6.07 Å². The lowest BCUT2D eigenvalue weighted by molar-refractivity contribution is -0.120. The number of benzene rings is 2. The van der Waals surface area contributed by atoms with E-state index in [9.17, 15) is 14.0 Å². The molecule has 0 bridgehead atoms. The second-order valence-corrected chi connectivity index (χ2v) is 5.13. The number of nitrogens with one attached hydrogen (secondary N) is 2. The first-order valence-electron chi connectivity index (χ1n) is 7.12. The molecule has 2 rings (SSSR count). The molecule has 0 saturated heterocycles. The molecule has 23 heavy (non-hydrogen) atoms. The van der Waals surface area contributed by atoms with Gasteiger partial charge in [0, 0.05) is 17.8 Å². The maximum absolute atomic E-state index is 13.5. The molecule has 0 atom stereocenters. The van der Waals surface area contributed by atoms with Crippen molar-refractivity contribution in [2.75, 3.05) is 18.9 Å². The summed E-state index contributed by atoms with van der Waals surface area (Å²) in [6, 6.07) is 14.6. The molecule has 2 aromatic rings. The van der Waals surface area contributed by atoms with Gasteiger partial charge in [-0.05, 0) is 25.2 Å². The van der Waals surface area contributed by atoms with Crippen LogP contribution in [0.15, 0.2) is 54.6 Å². The lowest BCUT2D eigenvalue weighted by Crippen LogP contribution is -2.40. The van der Waals surface area contributed by atoms with Gasteiger partial charge in [-0.2, -0.15) is 0 Å². The molecule has 0 radical (unpaired) electrons. The van der Waals surface area contributed by atoms with Crippen molar-refractivity contribution < 1.29 is 14.0 Å². The second-order valence-electron chi connectivity index (χ2n) is 5.13. The predicted molar refractivity (Wildman–Crippen MR) is 86.3 cm³/mol. The second kappa shape index (κ2) is 8.05. The SMILES string of the molecule is CN(CC(=O)NC(=O)Nc1ccccc1)Cc1ccccc1F. The van der Waals surface area contributed by atoms with Crippen LogP contribution in [0.1, 0.15) is 5.56 Å². The van der Waals surface area contributed by atoms with E-state index in [0.717, 1.165) is 0 Å². The van der Waals surface area contributed by atoms with E-state index in [4.69, 9.17) is 0 Å². The lowest BCUT2D eigenvalue weighted by Gasteiger charge is -2.16. The van der Waals surface area contributed by atoms with E-state index in [1.54, 1.807) is 54.4 Å². The third-order valence-electron chi connectivity index (χ3n) is 3.10. The quantitative estimate of drug-likeness (QED) is 0.891. The van der Waals surface area contributed by atoms with Crippen molar-refractivity contribution in [3.05, 3.63) is 66.0 Å². The molecular weight excluding hydrogens is 297 g/mol. The van der Waals surface area contributed by atoms with E-state index in [1.807, 2.05) is 6.07 Å². The van der Waals surface area contributed by atoms with Crippen molar-refractivity contribution in [3.8, 4) is 0 Å². The van der Waals surface area contributed by atoms with Crippen LogP contribution in [0, 0.1) is 5.82 Å². The molecule has 6 heteroatoms. The van der Waals surface area contributed by atoms with E-state index in [2.05, 4.69) is 10.6 Å². The first kappa shape index (κ1) is 16.6. The van der Waals surface area contributed by atoms with Gasteiger partial charge in [-0.25, -0.2) is 9.18 Å². The highest BCUT2D eigenvalue weighted by Crippen LogP contribution is 2.08. The van der Waals surface area contributed by atoms with Gasteiger partial charge in [0.1, 0.15) is 5.82 Å². The smallest absolute Gasteiger partial charge is 0.308 e. The van der Waals surface area contributed by atoms with Crippen LogP contribution < -0.4 is 10.6 Å². The number of hydrogen-bond donors (Lipinski definition) is 2. The minimum atomic E-state index is -0.597. The Labute approximate surface area is 134 Å². The first-order chi connectivity index (χ1) is 11.0. The highest BCUT2D eigenvalue weighted by Gasteiger charge is 2.12. The van der Waals surface area contributed by atoms with Crippen LogP contribution >= 0.6 is 0 Å². The van der Waals surface area contributed by atoms with Gasteiger partial charge in [0.05, 0.1) is 6.54 Å². The molecule has 0 aliphatic carbocycles. The number of para-hydroxylation sites is 1. The number of anilines is 1. The topological polar surface area (TPSA) is 61.4 Å². The maximum atomic E-state index is 13.5. The summed E-state index contributed by atoms with van der Waals surface area (Å²) >= 11 is 0. The maximum Gasteiger partial charge on any atom is 0.325 e. The van der Waals surface area contributed by atoms with Gasteiger partial charge in [0.25, 0.3) is 0 Å². The largest absolute Gasteiger partial charge is 0.325 e. The van der Waals surface area contributed by atoms with E-state index < -0.39 is 11.9 Å². The number of hydrogen-bond acceptors (Lipinski definition) is 3. The van der Waals surface area contributed by atoms with Gasteiger partial charge in [-0.15, -0.1) is 0 Å². The molecule has 0 aliphatic rings. The van der Waals surface area contributed by atoms with Gasteiger partial charge in [-0.1, -0.05) is 36.4 Å². The predicted octanol–water partition coefficient (Wildman–Crippen LogP) is 2.61. The third kappa shape index (κ3) is 5.52. The summed E-state index contributed by atoms with van der Waals surface area (Å²) in [5.74, 6) is -0.779. The summed E-state index contributed by atoms with van der Waals surface area (Å²) in [4.78, 5) is 25.1. The summed E-state index contributed by atoms with van der Waals surface area (Å²) in [6.07, 6.45) is 0. The van der Waals surface area contributed by atoms with Gasteiger partial charge in [-0.3, -0.25) is 15.0 Å². The summed E-state index contributed by atoms with van der Waals surface area (Å²) in [6.45, 7) is 0.261. The molecule has 0 aromatic heterocycles. The van der Waals surface area contributed by atoms with Crippen LogP contribution in [0.3, 0.4) is 0 Å². The Balaban J connectivity index is 1.80. The molecule has 0 heterocycles. The number of urea groups is 1. The molecule has 0 saturated carbocycles. The molecule has 0 unspecified atom stereocenters. The average molecular weight is 315 g/mol. The van der Waals surface area contributed by atoms with E-state index >= 15 is 0 Å². The van der Waals surface area contributed by atoms with Crippen molar-refractivity contribution in [2.45, 2.75) is 6.54 Å². The summed E-state index contributed by atoms with van der Waals surface area (Å²) in [7, 11) is 1.68. The summed E-state index contributed by atoms with van der Waals surface area (Å²) < 4.78 is 13.5. The monoisotopic (exact) mass is 315 g/mol. The number of carbonyl (C=O) groups is 2. The molecule has 0 aliphatic heterocycles. The van der Waals surface area contributed by atoms with Crippen LogP contribution in [0.25, 0.3) is 0 Å². The van der Waals surface area contributed by atoms with Crippen molar-refractivity contribution in [1.82, 2.24) is 10.2 Å². The average Bonchev–Trinajstić information content (AvgIpc) is 2.50. The van der Waals surface area contributed by atoms with Crippen LogP contribution in [0.4, 0.5) is 14.9 Å². The van der Waals surface area contributed by atoms with E-state index in [-0.39, 0.29) is 18.9 Å². The molecule has 120 valence electrons. The number of imide groups is 1. The van der Waals surface area contributed by atoms with Gasteiger partial charge < -0.3 is 5.32 Å². The Kier molecular flexibility index (Phi) is 5.82. The molecule has 2 aromatic carbocycles. The van der Waals surface area contributed by atoms with Crippen molar-refractivity contribution in [1.29, 1.82) is 0 Å². The lowest BCUT2D eigenvalue weighted by atomic mass is 10.2. The highest BCUT2D eigenvalue weighted by atomic mass is 19.1. The minimum Gasteiger partial charge on any atom is -0.308 e. The van der Waals surface area contributed by atoms with Gasteiger partial charge in [0.15, 0.2) is 0 Å². The Morgan fingerprint density at radius 3 is 2.39 bits per heavy atom. The van der Waals surface area contributed by atoms with Crippen molar-refractivity contribution in [3.63, 3.8) is 0 Å². The third-order valence-corrected chi connectivity index (χ3v) is 3.10. The zero-order valence-electron chi connectivity index (χ0n) is 12.8. The van der Waals surface area contributed by atoms with Crippen LogP contribution in [-0.2, 0) is 11.3 Å². The number of halogens is 1. The Bertz CT molecular complexity index is 677. The fourth-order valence-electron chi connectivity index (χ4n) is 2.07. The highest BCUT2D eigenvalue weighted by molar-refractivity contribution is 6.01. The van der Waals surface area contributed by atoms with Crippen LogP contribution in [0.2, 0.25) is 0 Å². The number of likely N-dealkylation sites (N-methyl/N-ethyl adjacent to an activating group) is 1. The Morgan fingerprint density at radius 1 is 1.04 bits per heavy atom. The van der Waals surface area contributed by atoms with Crippen molar-refractivity contribution >= 4 is 17.6 Å². The molecular formula is C17H18FN3O2. The first-order valence-corrected chi connectivity index (χ1v) is 7.12. The number of amides is 3. The minimum absolute atomic E-state index is 0.0173. The Morgan fingerprint density at radius 2 is 1.70 bits per heavy atom. The van der Waals surface area contributed by atoms with Crippen LogP contribution in [0.5, 0.6) is 0 Å². The number of rotatable bonds is 5. The molecule has 3 amide bonds. The fourth-order valence-corrected chi connectivity index (χ4v) is 2.07. The Hall–Kier alpha value is -2.73. The van der Waals surface area contributed by atoms with Crippen LogP contribution in [-0.4, -0.2) is 30.4 Å². The standard InChI is InChI=1S/C17H18FN3O2/c1-21(11-13-7-5-6-10-15(13)18)12-16(22)20-17(23)19-14-8-3-2-4-9-14/h2-10H,11-12H2,1H3,(H2,19,20,22,23). The molecule has 2 N–H and O–H groups in total. The van der Waals surface area contributed by atoms with Gasteiger partial charge >= 0.3 is 6.03 Å². The fraction of sp³-hybridized carbons (Fsp3) is 0.176.